The van der Waals surface area contributed by atoms with Crippen LogP contribution in [0.25, 0.3) is 0 Å². The number of halogens is 2. The molecule has 2 N–H and O–H groups in total. The lowest BCUT2D eigenvalue weighted by Gasteiger charge is -2.37. The van der Waals surface area contributed by atoms with E-state index in [1.807, 2.05) is 35.7 Å². The zero-order chi connectivity index (χ0) is 15.6. The second kappa shape index (κ2) is 8.78. The third-order valence-corrected chi connectivity index (χ3v) is 4.77. The largest absolute Gasteiger partial charge is 0.367 e. The quantitative estimate of drug-likeness (QED) is 0.875. The van der Waals surface area contributed by atoms with Crippen LogP contribution in [0.15, 0.2) is 41.9 Å². The summed E-state index contributed by atoms with van der Waals surface area (Å²) in [6.07, 6.45) is 1.59. The van der Waals surface area contributed by atoms with Crippen molar-refractivity contribution < 1.29 is 9.53 Å². The van der Waals surface area contributed by atoms with E-state index in [0.717, 1.165) is 10.6 Å². The van der Waals surface area contributed by atoms with Gasteiger partial charge >= 0.3 is 0 Å². The molecule has 2 aromatic rings. The van der Waals surface area contributed by atoms with Crippen molar-refractivity contribution in [3.05, 3.63) is 52.5 Å². The summed E-state index contributed by atoms with van der Waals surface area (Å²) in [5, 5.41) is 2.81. The lowest BCUT2D eigenvalue weighted by atomic mass is 9.91. The van der Waals surface area contributed by atoms with E-state index in [4.69, 9.17) is 10.5 Å². The second-order valence-corrected chi connectivity index (χ2v) is 6.48. The number of carbonyl (C=O) groups is 1. The molecule has 1 aromatic heterocycles. The van der Waals surface area contributed by atoms with Gasteiger partial charge in [-0.25, -0.2) is 4.98 Å². The number of aromatic nitrogens is 1. The normalized spacial score (nSPS) is 19.6. The monoisotopic (exact) mass is 389 g/mol. The maximum absolute atomic E-state index is 12.9. The van der Waals surface area contributed by atoms with E-state index in [-0.39, 0.29) is 36.8 Å². The number of rotatable bonds is 3. The van der Waals surface area contributed by atoms with E-state index >= 15 is 0 Å². The van der Waals surface area contributed by atoms with E-state index < -0.39 is 5.54 Å². The molecule has 2 atom stereocenters. The highest BCUT2D eigenvalue weighted by atomic mass is 35.5. The van der Waals surface area contributed by atoms with Gasteiger partial charge in [-0.3, -0.25) is 4.79 Å². The third kappa shape index (κ3) is 4.26. The molecule has 2 heterocycles. The summed E-state index contributed by atoms with van der Waals surface area (Å²) in [5.41, 5.74) is 6.11. The summed E-state index contributed by atoms with van der Waals surface area (Å²) in [4.78, 5) is 18.9. The Balaban J connectivity index is 0.00000144. The fourth-order valence-corrected chi connectivity index (χ4v) is 3.29. The number of ether oxygens (including phenoxy) is 1. The Kier molecular flexibility index (Phi) is 7.63. The van der Waals surface area contributed by atoms with Crippen LogP contribution < -0.4 is 5.73 Å². The highest BCUT2D eigenvalue weighted by molar-refractivity contribution is 7.09. The minimum absolute atomic E-state index is 0. The van der Waals surface area contributed by atoms with Crippen molar-refractivity contribution in [2.45, 2.75) is 18.6 Å². The molecule has 8 heteroatoms. The number of hydrogen-bond acceptors (Lipinski definition) is 5. The Morgan fingerprint density at radius 2 is 2.08 bits per heavy atom. The Morgan fingerprint density at radius 3 is 2.71 bits per heavy atom. The van der Waals surface area contributed by atoms with E-state index in [2.05, 4.69) is 4.98 Å². The van der Waals surface area contributed by atoms with E-state index in [1.54, 1.807) is 29.4 Å². The van der Waals surface area contributed by atoms with Gasteiger partial charge in [-0.2, -0.15) is 0 Å². The Morgan fingerprint density at radius 1 is 1.38 bits per heavy atom. The molecule has 0 spiro atoms. The number of nitrogens with two attached hydrogens (primary N) is 1. The van der Waals surface area contributed by atoms with Crippen LogP contribution in [-0.4, -0.2) is 35.5 Å². The molecule has 1 aromatic carbocycles. The predicted octanol–water partition coefficient (Wildman–Crippen LogP) is 2.76. The Bertz CT molecular complexity index is 638. The van der Waals surface area contributed by atoms with E-state index in [9.17, 15) is 4.79 Å². The van der Waals surface area contributed by atoms with Crippen LogP contribution in [0, 0.1) is 0 Å². The van der Waals surface area contributed by atoms with Crippen LogP contribution >= 0.6 is 36.2 Å². The van der Waals surface area contributed by atoms with Crippen LogP contribution in [0.4, 0.5) is 0 Å². The van der Waals surface area contributed by atoms with Crippen molar-refractivity contribution >= 4 is 42.1 Å². The zero-order valence-corrected chi connectivity index (χ0v) is 15.7. The average Bonchev–Trinajstić information content (AvgIpc) is 3.09. The molecule has 5 nitrogen and oxygen atoms in total. The summed E-state index contributed by atoms with van der Waals surface area (Å²) < 4.78 is 5.73. The van der Waals surface area contributed by atoms with Crippen molar-refractivity contribution in [2.24, 2.45) is 5.73 Å². The molecule has 0 aliphatic carbocycles. The second-order valence-electron chi connectivity index (χ2n) is 5.55. The molecular formula is C16H21Cl2N3O2S. The number of carbonyl (C=O) groups excluding carboxylic acids is 1. The highest BCUT2D eigenvalue weighted by Gasteiger charge is 2.37. The van der Waals surface area contributed by atoms with Gasteiger partial charge in [0.05, 0.1) is 13.2 Å². The van der Waals surface area contributed by atoms with Crippen LogP contribution in [0.1, 0.15) is 23.6 Å². The molecule has 3 rings (SSSR count). The summed E-state index contributed by atoms with van der Waals surface area (Å²) in [5.74, 6) is -0.0800. The van der Waals surface area contributed by atoms with Gasteiger partial charge in [-0.05, 0) is 12.5 Å². The summed E-state index contributed by atoms with van der Waals surface area (Å²) >= 11 is 1.54. The van der Waals surface area contributed by atoms with Crippen molar-refractivity contribution in [3.8, 4) is 0 Å². The van der Waals surface area contributed by atoms with Gasteiger partial charge in [0.15, 0.2) is 0 Å². The molecule has 132 valence electrons. The molecule has 0 saturated carbocycles. The fourth-order valence-electron chi connectivity index (χ4n) is 2.61. The first-order valence-corrected chi connectivity index (χ1v) is 8.12. The molecule has 1 saturated heterocycles. The van der Waals surface area contributed by atoms with Gasteiger partial charge < -0.3 is 15.4 Å². The molecule has 1 amide bonds. The van der Waals surface area contributed by atoms with Gasteiger partial charge in [-0.1, -0.05) is 30.3 Å². The number of morpholine rings is 1. The molecule has 0 radical (unpaired) electrons. The first kappa shape index (κ1) is 20.9. The van der Waals surface area contributed by atoms with Crippen LogP contribution in [0.3, 0.4) is 0 Å². The van der Waals surface area contributed by atoms with Gasteiger partial charge in [0.25, 0.3) is 0 Å². The predicted molar refractivity (Wildman–Crippen MR) is 99.9 cm³/mol. The molecular weight excluding hydrogens is 369 g/mol. The average molecular weight is 390 g/mol. The first-order valence-electron chi connectivity index (χ1n) is 7.24. The van der Waals surface area contributed by atoms with Crippen molar-refractivity contribution in [2.75, 3.05) is 19.7 Å². The number of thiazole rings is 1. The van der Waals surface area contributed by atoms with Crippen molar-refractivity contribution in [3.63, 3.8) is 0 Å². The van der Waals surface area contributed by atoms with Gasteiger partial charge in [-0.15, -0.1) is 36.2 Å². The maximum atomic E-state index is 12.9. The molecule has 24 heavy (non-hydrogen) atoms. The van der Waals surface area contributed by atoms with Gasteiger partial charge in [0, 0.05) is 18.1 Å². The Hall–Kier alpha value is -1.18. The SMILES string of the molecule is CC(N)(C(=O)N1CCOC(c2nccs2)C1)c1ccccc1.Cl.Cl. The Labute approximate surface area is 158 Å². The van der Waals surface area contributed by atoms with Crippen molar-refractivity contribution in [1.29, 1.82) is 0 Å². The lowest BCUT2D eigenvalue weighted by Crippen LogP contribution is -2.54. The number of amides is 1. The molecule has 1 aliphatic rings. The standard InChI is InChI=1S/C16H19N3O2S.2ClH/c1-16(17,12-5-3-2-4-6-12)15(20)19-8-9-21-13(11-19)14-18-7-10-22-14;;/h2-7,10,13H,8-9,11,17H2,1H3;2*1H. The van der Waals surface area contributed by atoms with Crippen LogP contribution in [-0.2, 0) is 15.1 Å². The molecule has 0 bridgehead atoms. The zero-order valence-electron chi connectivity index (χ0n) is 13.3. The molecule has 1 aliphatic heterocycles. The number of nitrogens with zero attached hydrogens (tertiary/aromatic N) is 2. The fraction of sp³-hybridized carbons (Fsp3) is 0.375. The van der Waals surface area contributed by atoms with Gasteiger partial charge in [0.2, 0.25) is 5.91 Å². The molecule has 1 fully saturated rings. The van der Waals surface area contributed by atoms with Crippen molar-refractivity contribution in [1.82, 2.24) is 9.88 Å². The summed E-state index contributed by atoms with van der Waals surface area (Å²) in [7, 11) is 0. The minimum atomic E-state index is -1.04. The van der Waals surface area contributed by atoms with Crippen LogP contribution in [0.2, 0.25) is 0 Å². The maximum Gasteiger partial charge on any atom is 0.247 e. The molecule has 2 unspecified atom stereocenters. The lowest BCUT2D eigenvalue weighted by molar-refractivity contribution is -0.144. The third-order valence-electron chi connectivity index (χ3n) is 3.90. The summed E-state index contributed by atoms with van der Waals surface area (Å²) in [6.45, 7) is 3.31. The summed E-state index contributed by atoms with van der Waals surface area (Å²) in [6, 6.07) is 9.47. The van der Waals surface area contributed by atoms with E-state index in [0.29, 0.717) is 19.7 Å². The minimum Gasteiger partial charge on any atom is -0.367 e. The topological polar surface area (TPSA) is 68.5 Å². The van der Waals surface area contributed by atoms with Gasteiger partial charge in [0.1, 0.15) is 16.7 Å². The smallest absolute Gasteiger partial charge is 0.247 e. The van der Waals surface area contributed by atoms with Crippen LogP contribution in [0.5, 0.6) is 0 Å². The number of hydrogen-bond donors (Lipinski definition) is 1. The van der Waals surface area contributed by atoms with E-state index in [1.165, 1.54) is 0 Å². The highest BCUT2D eigenvalue weighted by Crippen LogP contribution is 2.27. The first-order chi connectivity index (χ1) is 10.6. The number of benzene rings is 1.